The third-order valence-corrected chi connectivity index (χ3v) is 7.83. The number of aromatic nitrogens is 1. The number of hydrogen-bond donors (Lipinski definition) is 0. The molecule has 0 saturated carbocycles. The van der Waals surface area contributed by atoms with Crippen molar-refractivity contribution < 1.29 is 20.1 Å². The average molecular weight is 633 g/mol. The third-order valence-electron chi connectivity index (χ3n) is 6.74. The van der Waals surface area contributed by atoms with Crippen LogP contribution in [0.5, 0.6) is 0 Å². The maximum atomic E-state index is 4.86. The first-order valence-electron chi connectivity index (χ1n) is 11.6. The van der Waals surface area contributed by atoms with Gasteiger partial charge in [-0.15, -0.1) is 35.3 Å². The largest absolute Gasteiger partial charge is 0.294 e. The van der Waals surface area contributed by atoms with Gasteiger partial charge in [0.1, 0.15) is 0 Å². The average Bonchev–Trinajstić information content (AvgIpc) is 2.83. The van der Waals surface area contributed by atoms with E-state index in [1.165, 1.54) is 53.1 Å². The Hall–Kier alpha value is -2.71. The van der Waals surface area contributed by atoms with Crippen molar-refractivity contribution in [1.82, 2.24) is 4.98 Å². The summed E-state index contributed by atoms with van der Waals surface area (Å²) in [5, 5.41) is 10.2. The minimum atomic E-state index is 0. The standard InChI is InChI=1S/C31H22NS.Ir/c1-18(2)13-19-7-8-20-9-10-23-24-11-12-32-31-27-15-21-5-3-4-6-22(21)16-28(27)33-29(30(24)31)17-26(23)25(20)14-19;/h3-12,14,16-18H,13H2,1-2H3;/q-1;. The first kappa shape index (κ1) is 21.8. The summed E-state index contributed by atoms with van der Waals surface area (Å²) in [4.78, 5) is 7.38. The van der Waals surface area contributed by atoms with E-state index in [0.717, 1.165) is 23.1 Å². The molecule has 1 aliphatic heterocycles. The first-order chi connectivity index (χ1) is 16.2. The van der Waals surface area contributed by atoms with Crippen LogP contribution in [0.3, 0.4) is 0 Å². The Morgan fingerprint density at radius 3 is 2.53 bits per heavy atom. The van der Waals surface area contributed by atoms with E-state index in [4.69, 9.17) is 4.98 Å². The smallest absolute Gasteiger partial charge is 0.0189 e. The van der Waals surface area contributed by atoms with Gasteiger partial charge in [0, 0.05) is 36.9 Å². The molecule has 2 heterocycles. The van der Waals surface area contributed by atoms with Gasteiger partial charge in [-0.25, -0.2) is 0 Å². The van der Waals surface area contributed by atoms with Crippen LogP contribution in [0.15, 0.2) is 88.8 Å². The number of nitrogens with zero attached hydrogens (tertiary/aromatic N) is 1. The number of pyridine rings is 1. The Balaban J connectivity index is 0.00000217. The zero-order valence-corrected chi connectivity index (χ0v) is 22.2. The molecule has 34 heavy (non-hydrogen) atoms. The van der Waals surface area contributed by atoms with Gasteiger partial charge in [-0.3, -0.25) is 4.98 Å². The van der Waals surface area contributed by atoms with E-state index < -0.39 is 0 Å². The summed E-state index contributed by atoms with van der Waals surface area (Å²) in [6.07, 6.45) is 3.06. The molecule has 0 atom stereocenters. The molecule has 3 heteroatoms. The van der Waals surface area contributed by atoms with Crippen molar-refractivity contribution in [1.29, 1.82) is 0 Å². The Morgan fingerprint density at radius 1 is 0.794 bits per heavy atom. The molecule has 0 aliphatic carbocycles. The van der Waals surface area contributed by atoms with Crippen molar-refractivity contribution in [2.75, 3.05) is 0 Å². The summed E-state index contributed by atoms with van der Waals surface area (Å²) in [7, 11) is 0. The molecule has 5 aromatic carbocycles. The second-order valence-electron chi connectivity index (χ2n) is 9.47. The zero-order chi connectivity index (χ0) is 22.1. The van der Waals surface area contributed by atoms with E-state index in [2.05, 4.69) is 92.7 Å². The van der Waals surface area contributed by atoms with E-state index in [9.17, 15) is 0 Å². The normalized spacial score (nSPS) is 12.4. The molecule has 7 rings (SSSR count). The summed E-state index contributed by atoms with van der Waals surface area (Å²) in [5.41, 5.74) is 3.59. The second kappa shape index (κ2) is 8.20. The van der Waals surface area contributed by atoms with E-state index in [1.807, 2.05) is 18.0 Å². The molecule has 167 valence electrons. The number of hydrogen-bond acceptors (Lipinski definition) is 2. The molecule has 0 amide bonds. The van der Waals surface area contributed by atoms with Crippen molar-refractivity contribution in [3.05, 3.63) is 90.6 Å². The first-order valence-corrected chi connectivity index (χ1v) is 12.4. The van der Waals surface area contributed by atoms with Crippen LogP contribution in [0.1, 0.15) is 19.4 Å². The topological polar surface area (TPSA) is 12.9 Å². The molecule has 1 radical (unpaired) electrons. The molecule has 6 aromatic rings. The predicted molar refractivity (Wildman–Crippen MR) is 141 cm³/mol. The van der Waals surface area contributed by atoms with Gasteiger partial charge in [0.25, 0.3) is 0 Å². The van der Waals surface area contributed by atoms with Gasteiger partial charge in [0.05, 0.1) is 0 Å². The van der Waals surface area contributed by atoms with E-state index in [-0.39, 0.29) is 20.1 Å². The predicted octanol–water partition coefficient (Wildman–Crippen LogP) is 8.82. The van der Waals surface area contributed by atoms with Crippen LogP contribution in [0, 0.1) is 12.0 Å². The van der Waals surface area contributed by atoms with Gasteiger partial charge >= 0.3 is 0 Å². The fourth-order valence-electron chi connectivity index (χ4n) is 5.31. The van der Waals surface area contributed by atoms with E-state index in [1.54, 1.807) is 0 Å². The zero-order valence-electron chi connectivity index (χ0n) is 19.0. The van der Waals surface area contributed by atoms with Crippen molar-refractivity contribution in [3.8, 4) is 11.3 Å². The summed E-state index contributed by atoms with van der Waals surface area (Å²) in [5.74, 6) is 0.645. The second-order valence-corrected chi connectivity index (χ2v) is 10.6. The number of benzene rings is 5. The van der Waals surface area contributed by atoms with Gasteiger partial charge in [-0.05, 0) is 67.2 Å². The van der Waals surface area contributed by atoms with Gasteiger partial charge in [0.2, 0.25) is 0 Å². The summed E-state index contributed by atoms with van der Waals surface area (Å²) < 4.78 is 0. The Labute approximate surface area is 216 Å². The summed E-state index contributed by atoms with van der Waals surface area (Å²) >= 11 is 1.86. The molecule has 0 fully saturated rings. The fourth-order valence-corrected chi connectivity index (χ4v) is 6.47. The Morgan fingerprint density at radius 2 is 1.65 bits per heavy atom. The van der Waals surface area contributed by atoms with E-state index in [0.29, 0.717) is 5.92 Å². The molecule has 0 bridgehead atoms. The van der Waals surface area contributed by atoms with Crippen LogP contribution in [0.4, 0.5) is 0 Å². The fraction of sp³-hybridized carbons (Fsp3) is 0.129. The van der Waals surface area contributed by atoms with Gasteiger partial charge in [-0.1, -0.05) is 73.3 Å². The maximum Gasteiger partial charge on any atom is 0.0189 e. The van der Waals surface area contributed by atoms with Crippen molar-refractivity contribution in [3.63, 3.8) is 0 Å². The molecular weight excluding hydrogens is 611 g/mol. The number of rotatable bonds is 2. The maximum absolute atomic E-state index is 4.86. The molecule has 0 saturated heterocycles. The van der Waals surface area contributed by atoms with Crippen LogP contribution >= 0.6 is 11.8 Å². The quantitative estimate of drug-likeness (QED) is 0.140. The Kier molecular flexibility index (Phi) is 5.26. The molecule has 0 unspecified atom stereocenters. The molecule has 1 aromatic heterocycles. The molecule has 0 spiro atoms. The van der Waals surface area contributed by atoms with Crippen LogP contribution in [0.25, 0.3) is 54.3 Å². The molecule has 1 nitrogen and oxygen atoms in total. The minimum Gasteiger partial charge on any atom is -0.294 e. The van der Waals surface area contributed by atoms with Crippen LogP contribution in [-0.2, 0) is 26.5 Å². The van der Waals surface area contributed by atoms with Gasteiger partial charge in [0.15, 0.2) is 0 Å². The number of fused-ring (bicyclic) bond motifs is 7. The van der Waals surface area contributed by atoms with Gasteiger partial charge < -0.3 is 0 Å². The van der Waals surface area contributed by atoms with Gasteiger partial charge in [-0.2, -0.15) is 0 Å². The van der Waals surface area contributed by atoms with Crippen LogP contribution in [0.2, 0.25) is 0 Å². The molecule has 0 N–H and O–H groups in total. The van der Waals surface area contributed by atoms with E-state index >= 15 is 0 Å². The van der Waals surface area contributed by atoms with Crippen molar-refractivity contribution >= 4 is 54.9 Å². The monoisotopic (exact) mass is 633 g/mol. The molecule has 1 aliphatic rings. The minimum absolute atomic E-state index is 0. The molecular formula is C31H22IrNS-. The van der Waals surface area contributed by atoms with Crippen LogP contribution in [-0.4, -0.2) is 4.98 Å². The van der Waals surface area contributed by atoms with Crippen molar-refractivity contribution in [2.24, 2.45) is 5.92 Å². The third kappa shape index (κ3) is 3.30. The summed E-state index contributed by atoms with van der Waals surface area (Å²) in [6, 6.07) is 30.5. The SMILES string of the molecule is CC(C)Cc1ccc2ccc3c4ccnc5c4c(cc3c2c1)Sc1cc2ccccc2[c-]c1-5.[Ir]. The Bertz CT molecular complexity index is 1750. The summed E-state index contributed by atoms with van der Waals surface area (Å²) in [6.45, 7) is 4.57. The van der Waals surface area contributed by atoms with Crippen LogP contribution < -0.4 is 0 Å². The van der Waals surface area contributed by atoms with Crippen molar-refractivity contribution in [2.45, 2.75) is 30.1 Å².